The number of benzene rings is 2. The van der Waals surface area contributed by atoms with E-state index in [1.807, 2.05) is 74.0 Å². The highest BCUT2D eigenvalue weighted by molar-refractivity contribution is 7.71. The standard InChI is InChI=1S/C21H24N4OS/c1-15-8-7-11-18(14-15)20-22-23-21(27)25(20)13-12-19(26)24(3)16(2)17-9-5-4-6-10-17/h4-11,14,16H,12-13H2,1-3H3,(H,23,27)/t16-/m1/s1. The molecule has 1 amide bonds. The van der Waals surface area contributed by atoms with Crippen LogP contribution in [0.1, 0.15) is 30.5 Å². The van der Waals surface area contributed by atoms with Gasteiger partial charge >= 0.3 is 0 Å². The van der Waals surface area contributed by atoms with Crippen LogP contribution in [0.5, 0.6) is 0 Å². The molecule has 1 aromatic heterocycles. The topological polar surface area (TPSA) is 53.9 Å². The number of H-pyrrole nitrogens is 1. The first-order chi connectivity index (χ1) is 13.0. The summed E-state index contributed by atoms with van der Waals surface area (Å²) in [4.78, 5) is 14.5. The van der Waals surface area contributed by atoms with Crippen LogP contribution < -0.4 is 0 Å². The number of nitrogens with zero attached hydrogens (tertiary/aromatic N) is 3. The highest BCUT2D eigenvalue weighted by Crippen LogP contribution is 2.21. The molecule has 1 N–H and O–H groups in total. The van der Waals surface area contributed by atoms with E-state index in [0.29, 0.717) is 17.7 Å². The molecule has 0 saturated heterocycles. The number of hydrogen-bond acceptors (Lipinski definition) is 3. The number of carbonyl (C=O) groups is 1. The Bertz CT molecular complexity index is 977. The predicted octanol–water partition coefficient (Wildman–Crippen LogP) is 4.53. The average molecular weight is 381 g/mol. The Labute approximate surface area is 164 Å². The van der Waals surface area contributed by atoms with Gasteiger partial charge in [-0.3, -0.25) is 14.5 Å². The monoisotopic (exact) mass is 380 g/mol. The van der Waals surface area contributed by atoms with Gasteiger partial charge < -0.3 is 4.90 Å². The van der Waals surface area contributed by atoms with Gasteiger partial charge in [0.15, 0.2) is 10.6 Å². The largest absolute Gasteiger partial charge is 0.339 e. The van der Waals surface area contributed by atoms with E-state index >= 15 is 0 Å². The van der Waals surface area contributed by atoms with E-state index in [1.54, 1.807) is 4.90 Å². The number of amides is 1. The Morgan fingerprint density at radius 1 is 1.22 bits per heavy atom. The molecule has 2 aromatic carbocycles. The number of hydrogen-bond donors (Lipinski definition) is 1. The molecule has 3 rings (SSSR count). The van der Waals surface area contributed by atoms with Crippen molar-refractivity contribution in [1.82, 2.24) is 19.7 Å². The van der Waals surface area contributed by atoms with E-state index in [-0.39, 0.29) is 11.9 Å². The number of rotatable bonds is 6. The fraction of sp³-hybridized carbons (Fsp3) is 0.286. The van der Waals surface area contributed by atoms with Crippen LogP contribution in [0, 0.1) is 11.7 Å². The fourth-order valence-corrected chi connectivity index (χ4v) is 3.31. The van der Waals surface area contributed by atoms with Gasteiger partial charge in [0, 0.05) is 25.6 Å². The molecule has 3 aromatic rings. The summed E-state index contributed by atoms with van der Waals surface area (Å²) in [5.41, 5.74) is 3.26. The molecule has 1 atom stereocenters. The van der Waals surface area contributed by atoms with Crippen molar-refractivity contribution in [3.63, 3.8) is 0 Å². The third-order valence-corrected chi connectivity index (χ3v) is 5.15. The Morgan fingerprint density at radius 3 is 2.67 bits per heavy atom. The molecule has 6 heteroatoms. The number of nitrogens with one attached hydrogen (secondary N) is 1. The number of aromatic amines is 1. The summed E-state index contributed by atoms with van der Waals surface area (Å²) in [5.74, 6) is 0.833. The minimum absolute atomic E-state index is 0.0206. The summed E-state index contributed by atoms with van der Waals surface area (Å²) in [7, 11) is 1.84. The first kappa shape index (κ1) is 19.0. The van der Waals surface area contributed by atoms with Crippen molar-refractivity contribution in [2.45, 2.75) is 32.9 Å². The van der Waals surface area contributed by atoms with Crippen LogP contribution in [0.25, 0.3) is 11.4 Å². The lowest BCUT2D eigenvalue weighted by molar-refractivity contribution is -0.132. The maximum absolute atomic E-state index is 12.7. The summed E-state index contributed by atoms with van der Waals surface area (Å²) >= 11 is 5.37. The maximum atomic E-state index is 12.7. The molecule has 0 saturated carbocycles. The molecule has 1 heterocycles. The highest BCUT2D eigenvalue weighted by atomic mass is 32.1. The van der Waals surface area contributed by atoms with Gasteiger partial charge in [0.05, 0.1) is 6.04 Å². The second kappa shape index (κ2) is 8.31. The molecule has 27 heavy (non-hydrogen) atoms. The lowest BCUT2D eigenvalue weighted by Gasteiger charge is -2.25. The normalized spacial score (nSPS) is 12.0. The molecule has 0 aliphatic heterocycles. The molecular formula is C21H24N4OS. The Balaban J connectivity index is 1.73. The van der Waals surface area contributed by atoms with Gasteiger partial charge in [-0.15, -0.1) is 0 Å². The zero-order valence-corrected chi connectivity index (χ0v) is 16.7. The Hall–Kier alpha value is -2.73. The molecule has 140 valence electrons. The molecule has 0 aliphatic carbocycles. The van der Waals surface area contributed by atoms with Crippen molar-refractivity contribution < 1.29 is 4.79 Å². The predicted molar refractivity (Wildman–Crippen MR) is 110 cm³/mol. The summed E-state index contributed by atoms with van der Waals surface area (Å²) in [6.07, 6.45) is 0.361. The molecule has 0 aliphatic rings. The van der Waals surface area contributed by atoms with Crippen molar-refractivity contribution in [1.29, 1.82) is 0 Å². The molecular weight excluding hydrogens is 356 g/mol. The van der Waals surface area contributed by atoms with E-state index in [9.17, 15) is 4.79 Å². The van der Waals surface area contributed by atoms with Gasteiger partial charge in [-0.25, -0.2) is 0 Å². The van der Waals surface area contributed by atoms with E-state index in [4.69, 9.17) is 12.2 Å². The second-order valence-electron chi connectivity index (χ2n) is 6.71. The van der Waals surface area contributed by atoms with Crippen molar-refractivity contribution in [2.75, 3.05) is 7.05 Å². The van der Waals surface area contributed by atoms with Crippen molar-refractivity contribution >= 4 is 18.1 Å². The van der Waals surface area contributed by atoms with Crippen LogP contribution >= 0.6 is 12.2 Å². The fourth-order valence-electron chi connectivity index (χ4n) is 3.08. The summed E-state index contributed by atoms with van der Waals surface area (Å²) in [6, 6.07) is 18.1. The van der Waals surface area contributed by atoms with Crippen LogP contribution in [-0.2, 0) is 11.3 Å². The van der Waals surface area contributed by atoms with Crippen molar-refractivity contribution in [3.8, 4) is 11.4 Å². The third kappa shape index (κ3) is 4.34. The SMILES string of the molecule is Cc1cccc(-c2n[nH]c(=S)n2CCC(=O)N(C)[C@H](C)c2ccccc2)c1. The van der Waals surface area contributed by atoms with E-state index in [1.165, 1.54) is 0 Å². The number of aryl methyl sites for hydroxylation is 1. The van der Waals surface area contributed by atoms with Crippen LogP contribution in [0.2, 0.25) is 0 Å². The molecule has 0 radical (unpaired) electrons. The van der Waals surface area contributed by atoms with Crippen molar-refractivity contribution in [2.24, 2.45) is 0 Å². The molecule has 0 unspecified atom stereocenters. The lowest BCUT2D eigenvalue weighted by Crippen LogP contribution is -2.30. The maximum Gasteiger partial charge on any atom is 0.224 e. The second-order valence-corrected chi connectivity index (χ2v) is 7.10. The van der Waals surface area contributed by atoms with E-state index in [0.717, 1.165) is 22.5 Å². The van der Waals surface area contributed by atoms with Gasteiger partial charge in [-0.1, -0.05) is 54.1 Å². The van der Waals surface area contributed by atoms with Crippen LogP contribution in [0.4, 0.5) is 0 Å². The molecule has 0 bridgehead atoms. The molecule has 0 spiro atoms. The van der Waals surface area contributed by atoms with Gasteiger partial charge in [0.1, 0.15) is 0 Å². The molecule has 5 nitrogen and oxygen atoms in total. The molecule has 0 fully saturated rings. The number of aromatic nitrogens is 3. The quantitative estimate of drug-likeness (QED) is 0.640. The number of carbonyl (C=O) groups excluding carboxylic acids is 1. The minimum Gasteiger partial charge on any atom is -0.339 e. The summed E-state index contributed by atoms with van der Waals surface area (Å²) in [5, 5.41) is 7.20. The zero-order chi connectivity index (χ0) is 19.4. The minimum atomic E-state index is 0.0206. The summed E-state index contributed by atoms with van der Waals surface area (Å²) < 4.78 is 2.42. The lowest BCUT2D eigenvalue weighted by atomic mass is 10.1. The summed E-state index contributed by atoms with van der Waals surface area (Å²) in [6.45, 7) is 4.57. The van der Waals surface area contributed by atoms with Crippen LogP contribution in [0.15, 0.2) is 54.6 Å². The van der Waals surface area contributed by atoms with Gasteiger partial charge in [-0.05, 0) is 37.7 Å². The first-order valence-electron chi connectivity index (χ1n) is 9.00. The average Bonchev–Trinajstić information content (AvgIpc) is 3.06. The van der Waals surface area contributed by atoms with E-state index < -0.39 is 0 Å². The smallest absolute Gasteiger partial charge is 0.224 e. The Kier molecular flexibility index (Phi) is 5.86. The third-order valence-electron chi connectivity index (χ3n) is 4.84. The van der Waals surface area contributed by atoms with Crippen LogP contribution in [0.3, 0.4) is 0 Å². The van der Waals surface area contributed by atoms with Crippen LogP contribution in [-0.4, -0.2) is 32.6 Å². The highest BCUT2D eigenvalue weighted by Gasteiger charge is 2.18. The zero-order valence-electron chi connectivity index (χ0n) is 15.8. The van der Waals surface area contributed by atoms with E-state index in [2.05, 4.69) is 16.3 Å². The Morgan fingerprint density at radius 2 is 1.96 bits per heavy atom. The van der Waals surface area contributed by atoms with Gasteiger partial charge in [-0.2, -0.15) is 5.10 Å². The first-order valence-corrected chi connectivity index (χ1v) is 9.41. The van der Waals surface area contributed by atoms with Gasteiger partial charge in [0.2, 0.25) is 5.91 Å². The van der Waals surface area contributed by atoms with Gasteiger partial charge in [0.25, 0.3) is 0 Å². The van der Waals surface area contributed by atoms with Crippen molar-refractivity contribution in [3.05, 3.63) is 70.5 Å².